The molecular weight excluding hydrogens is 226 g/mol. The van der Waals surface area contributed by atoms with Gasteiger partial charge in [-0.1, -0.05) is 26.2 Å². The molecule has 2 atom stereocenters. The van der Waals surface area contributed by atoms with E-state index in [-0.39, 0.29) is 0 Å². The Balaban J connectivity index is 2.23. The summed E-state index contributed by atoms with van der Waals surface area (Å²) in [6.07, 6.45) is 9.09. The maximum atomic E-state index is 6.06. The van der Waals surface area contributed by atoms with Gasteiger partial charge in [-0.2, -0.15) is 0 Å². The second-order valence-electron chi connectivity index (χ2n) is 5.78. The van der Waals surface area contributed by atoms with E-state index in [0.29, 0.717) is 18.6 Å². The number of hydrogen-bond donors (Lipinski definition) is 1. The summed E-state index contributed by atoms with van der Waals surface area (Å²) in [6.45, 7) is 5.41. The fourth-order valence-corrected chi connectivity index (χ4v) is 3.24. The third-order valence-corrected chi connectivity index (χ3v) is 4.48. The van der Waals surface area contributed by atoms with Crippen molar-refractivity contribution in [2.75, 3.05) is 33.5 Å². The molecular formula is C15H31NO2. The lowest BCUT2D eigenvalue weighted by Crippen LogP contribution is -2.36. The highest BCUT2D eigenvalue weighted by molar-refractivity contribution is 4.86. The number of nitrogens with two attached hydrogens (primary N) is 1. The molecule has 0 aromatic rings. The Bertz CT molecular complexity index is 211. The molecule has 0 radical (unpaired) electrons. The van der Waals surface area contributed by atoms with Gasteiger partial charge in [0, 0.05) is 13.7 Å². The maximum Gasteiger partial charge on any atom is 0.0700 e. The van der Waals surface area contributed by atoms with Crippen LogP contribution < -0.4 is 5.73 Å². The van der Waals surface area contributed by atoms with E-state index < -0.39 is 0 Å². The summed E-state index contributed by atoms with van der Waals surface area (Å²) in [4.78, 5) is 0. The average Bonchev–Trinajstić information content (AvgIpc) is 2.43. The predicted molar refractivity (Wildman–Crippen MR) is 75.7 cm³/mol. The lowest BCUT2D eigenvalue weighted by Gasteiger charge is -2.40. The molecule has 0 heterocycles. The van der Waals surface area contributed by atoms with Crippen LogP contribution in [0.25, 0.3) is 0 Å². The van der Waals surface area contributed by atoms with Gasteiger partial charge in [0.15, 0.2) is 0 Å². The van der Waals surface area contributed by atoms with E-state index in [4.69, 9.17) is 15.2 Å². The zero-order valence-corrected chi connectivity index (χ0v) is 12.2. The topological polar surface area (TPSA) is 44.5 Å². The minimum absolute atomic E-state index is 0.406. The van der Waals surface area contributed by atoms with Crippen LogP contribution in [0.5, 0.6) is 0 Å². The zero-order chi connectivity index (χ0) is 13.3. The highest BCUT2D eigenvalue weighted by Crippen LogP contribution is 2.43. The van der Waals surface area contributed by atoms with E-state index in [2.05, 4.69) is 6.92 Å². The van der Waals surface area contributed by atoms with Crippen molar-refractivity contribution in [1.29, 1.82) is 0 Å². The lowest BCUT2D eigenvalue weighted by atomic mass is 9.67. The van der Waals surface area contributed by atoms with Gasteiger partial charge in [-0.25, -0.2) is 0 Å². The molecule has 0 saturated heterocycles. The van der Waals surface area contributed by atoms with E-state index in [1.165, 1.54) is 38.5 Å². The molecule has 0 bridgehead atoms. The van der Waals surface area contributed by atoms with Gasteiger partial charge < -0.3 is 15.2 Å². The first-order chi connectivity index (χ1) is 8.76. The van der Waals surface area contributed by atoms with Crippen molar-refractivity contribution < 1.29 is 9.47 Å². The summed E-state index contributed by atoms with van der Waals surface area (Å²) in [5.41, 5.74) is 6.46. The summed E-state index contributed by atoms with van der Waals surface area (Å²) in [6, 6.07) is 0. The molecule has 2 unspecified atom stereocenters. The van der Waals surface area contributed by atoms with Gasteiger partial charge in [0.2, 0.25) is 0 Å². The molecule has 1 fully saturated rings. The summed E-state index contributed by atoms with van der Waals surface area (Å²) >= 11 is 0. The Kier molecular flexibility index (Phi) is 7.87. The monoisotopic (exact) mass is 257 g/mol. The molecule has 1 aliphatic rings. The van der Waals surface area contributed by atoms with Crippen LogP contribution >= 0.6 is 0 Å². The molecule has 18 heavy (non-hydrogen) atoms. The molecule has 0 spiro atoms. The van der Waals surface area contributed by atoms with Crippen LogP contribution in [0.4, 0.5) is 0 Å². The van der Waals surface area contributed by atoms with Gasteiger partial charge in [-0.05, 0) is 43.6 Å². The summed E-state index contributed by atoms with van der Waals surface area (Å²) in [5, 5.41) is 0. The van der Waals surface area contributed by atoms with Crippen molar-refractivity contribution >= 4 is 0 Å². The van der Waals surface area contributed by atoms with Gasteiger partial charge in [0.05, 0.1) is 13.2 Å². The second kappa shape index (κ2) is 8.89. The van der Waals surface area contributed by atoms with Gasteiger partial charge in [0.25, 0.3) is 0 Å². The summed E-state index contributed by atoms with van der Waals surface area (Å²) in [7, 11) is 1.71. The standard InChI is InChI=1S/C15H31NO2/c1-3-14-6-4-7-15(12-14,13-16)8-5-9-18-11-10-17-2/h14H,3-13,16H2,1-2H3. The van der Waals surface area contributed by atoms with Crippen molar-refractivity contribution in [3.8, 4) is 0 Å². The van der Waals surface area contributed by atoms with Crippen LogP contribution in [0.15, 0.2) is 0 Å². The Labute approximate surface area is 112 Å². The second-order valence-corrected chi connectivity index (χ2v) is 5.78. The number of rotatable bonds is 9. The van der Waals surface area contributed by atoms with Gasteiger partial charge in [-0.3, -0.25) is 0 Å². The molecule has 0 aromatic heterocycles. The van der Waals surface area contributed by atoms with E-state index in [1.807, 2.05) is 0 Å². The van der Waals surface area contributed by atoms with E-state index in [9.17, 15) is 0 Å². The average molecular weight is 257 g/mol. The lowest BCUT2D eigenvalue weighted by molar-refractivity contribution is 0.0565. The minimum Gasteiger partial charge on any atom is -0.382 e. The van der Waals surface area contributed by atoms with Crippen molar-refractivity contribution in [3.05, 3.63) is 0 Å². The summed E-state index contributed by atoms with van der Waals surface area (Å²) < 4.78 is 10.5. The van der Waals surface area contributed by atoms with Crippen LogP contribution in [0, 0.1) is 11.3 Å². The molecule has 1 rings (SSSR count). The van der Waals surface area contributed by atoms with Crippen molar-refractivity contribution in [2.24, 2.45) is 17.1 Å². The Morgan fingerprint density at radius 3 is 2.78 bits per heavy atom. The van der Waals surface area contributed by atoms with Gasteiger partial charge in [0.1, 0.15) is 0 Å². The Hall–Kier alpha value is -0.120. The molecule has 108 valence electrons. The Morgan fingerprint density at radius 1 is 1.28 bits per heavy atom. The van der Waals surface area contributed by atoms with Crippen LogP contribution in [-0.4, -0.2) is 33.5 Å². The Morgan fingerprint density at radius 2 is 2.11 bits per heavy atom. The third-order valence-electron chi connectivity index (χ3n) is 4.48. The SMILES string of the molecule is CCC1CCCC(CN)(CCCOCCOC)C1. The molecule has 0 amide bonds. The van der Waals surface area contributed by atoms with E-state index in [0.717, 1.165) is 25.5 Å². The highest BCUT2D eigenvalue weighted by atomic mass is 16.5. The fourth-order valence-electron chi connectivity index (χ4n) is 3.24. The smallest absolute Gasteiger partial charge is 0.0700 e. The van der Waals surface area contributed by atoms with Crippen LogP contribution in [0.2, 0.25) is 0 Å². The van der Waals surface area contributed by atoms with Gasteiger partial charge in [-0.15, -0.1) is 0 Å². The molecule has 0 aromatic carbocycles. The molecule has 2 N–H and O–H groups in total. The third kappa shape index (κ3) is 5.25. The number of hydrogen-bond acceptors (Lipinski definition) is 3. The quantitative estimate of drug-likeness (QED) is 0.646. The molecule has 0 aliphatic heterocycles. The molecule has 1 aliphatic carbocycles. The normalized spacial score (nSPS) is 28.5. The first-order valence-electron chi connectivity index (χ1n) is 7.53. The van der Waals surface area contributed by atoms with Crippen molar-refractivity contribution in [1.82, 2.24) is 0 Å². The first-order valence-corrected chi connectivity index (χ1v) is 7.53. The molecule has 1 saturated carbocycles. The zero-order valence-electron chi connectivity index (χ0n) is 12.2. The van der Waals surface area contributed by atoms with Crippen molar-refractivity contribution in [2.45, 2.75) is 51.9 Å². The van der Waals surface area contributed by atoms with E-state index >= 15 is 0 Å². The molecule has 3 heteroatoms. The number of ether oxygens (including phenoxy) is 2. The summed E-state index contributed by atoms with van der Waals surface area (Å²) in [5.74, 6) is 0.900. The van der Waals surface area contributed by atoms with Crippen molar-refractivity contribution in [3.63, 3.8) is 0 Å². The largest absolute Gasteiger partial charge is 0.382 e. The molecule has 3 nitrogen and oxygen atoms in total. The number of methoxy groups -OCH3 is 1. The van der Waals surface area contributed by atoms with E-state index in [1.54, 1.807) is 7.11 Å². The predicted octanol–water partition coefficient (Wildman–Crippen LogP) is 2.97. The first kappa shape index (κ1) is 15.9. The highest BCUT2D eigenvalue weighted by Gasteiger charge is 2.33. The maximum absolute atomic E-state index is 6.06. The fraction of sp³-hybridized carbons (Fsp3) is 1.00. The van der Waals surface area contributed by atoms with Crippen LogP contribution in [0.1, 0.15) is 51.9 Å². The van der Waals surface area contributed by atoms with Gasteiger partial charge >= 0.3 is 0 Å². The minimum atomic E-state index is 0.406. The van der Waals surface area contributed by atoms with Crippen LogP contribution in [-0.2, 0) is 9.47 Å². The van der Waals surface area contributed by atoms with Crippen LogP contribution in [0.3, 0.4) is 0 Å².